The molecule has 4 aromatic heterocycles. The lowest BCUT2D eigenvalue weighted by molar-refractivity contribution is 1.03. The predicted molar refractivity (Wildman–Crippen MR) is 437 cm³/mol. The summed E-state index contributed by atoms with van der Waals surface area (Å²) in [5.41, 5.74) is 60.3. The van der Waals surface area contributed by atoms with E-state index in [4.69, 9.17) is 0 Å². The van der Waals surface area contributed by atoms with E-state index in [1.54, 1.807) is 0 Å². The summed E-state index contributed by atoms with van der Waals surface area (Å²) in [6, 6.07) is 0. The quantitative estimate of drug-likeness (QED) is 0.152. The van der Waals surface area contributed by atoms with Crippen molar-refractivity contribution in [3.8, 4) is 0 Å². The van der Waals surface area contributed by atoms with Gasteiger partial charge in [0, 0.05) is 50.9 Å². The first-order valence-electron chi connectivity index (χ1n) is 36.0. The fourth-order valence-corrected chi connectivity index (χ4v) is 14.6. The van der Waals surface area contributed by atoms with Gasteiger partial charge in [-0.1, -0.05) is 0 Å². The molecule has 4 heterocycles. The average molecular weight is 1320 g/mol. The lowest BCUT2D eigenvalue weighted by Gasteiger charge is -2.21. The highest BCUT2D eigenvalue weighted by atomic mass is 14.7. The smallest absolute Gasteiger partial charge is 0.0457 e. The summed E-state index contributed by atoms with van der Waals surface area (Å²) in [6.45, 7) is 96.4. The lowest BCUT2D eigenvalue weighted by Crippen LogP contribution is -2.01. The van der Waals surface area contributed by atoms with Crippen LogP contribution < -0.4 is 0 Å². The van der Waals surface area contributed by atoms with E-state index in [9.17, 15) is 0 Å². The molecule has 0 aliphatic rings. The Balaban J connectivity index is 0.000000246. The van der Waals surface area contributed by atoms with Crippen molar-refractivity contribution in [1.82, 2.24) is 19.9 Å². The van der Waals surface area contributed by atoms with Crippen molar-refractivity contribution in [1.29, 1.82) is 0 Å². The van der Waals surface area contributed by atoms with Crippen molar-refractivity contribution in [3.05, 3.63) is 246 Å². The molecule has 0 aliphatic heterocycles. The molecule has 0 unspecified atom stereocenters. The molecule has 0 saturated heterocycles. The summed E-state index contributed by atoms with van der Waals surface area (Å²) in [7, 11) is 0. The summed E-state index contributed by atoms with van der Waals surface area (Å²) in [6.07, 6.45) is 0. The van der Waals surface area contributed by atoms with Crippen LogP contribution >= 0.6 is 0 Å². The number of rotatable bonds is 0. The van der Waals surface area contributed by atoms with E-state index in [2.05, 4.69) is 325 Å². The maximum absolute atomic E-state index is 4.67. The van der Waals surface area contributed by atoms with Gasteiger partial charge >= 0.3 is 0 Å². The van der Waals surface area contributed by atoms with Gasteiger partial charge in [-0.25, -0.2) is 0 Å². The van der Waals surface area contributed by atoms with Crippen molar-refractivity contribution >= 4 is 32.3 Å². The summed E-state index contributed by atoms with van der Waals surface area (Å²) in [4.78, 5) is 18.0. The van der Waals surface area contributed by atoms with Crippen LogP contribution in [0.5, 0.6) is 0 Å². The molecule has 0 atom stereocenters. The second-order valence-corrected chi connectivity index (χ2v) is 29.9. The molecule has 528 valence electrons. The normalized spacial score (nSPS) is 10.9. The van der Waals surface area contributed by atoms with Crippen LogP contribution in [0.2, 0.25) is 0 Å². The number of aromatic nitrogens is 4. The van der Waals surface area contributed by atoms with Gasteiger partial charge in [-0.3, -0.25) is 19.9 Å². The van der Waals surface area contributed by atoms with Crippen LogP contribution in [0.4, 0.5) is 0 Å². The molecule has 0 fully saturated rings. The Hall–Kier alpha value is -7.30. The monoisotopic (exact) mass is 1320 g/mol. The minimum Gasteiger partial charge on any atom is -0.258 e. The Labute approximate surface area is 599 Å². The summed E-state index contributed by atoms with van der Waals surface area (Å²) < 4.78 is 0. The molecular weight excluding hydrogens is 1190 g/mol. The fourth-order valence-electron chi connectivity index (χ4n) is 14.6. The van der Waals surface area contributed by atoms with Crippen molar-refractivity contribution in [2.45, 2.75) is 305 Å². The van der Waals surface area contributed by atoms with Gasteiger partial charge in [0.25, 0.3) is 0 Å². The Morgan fingerprint density at radius 3 is 0.327 bits per heavy atom. The highest BCUT2D eigenvalue weighted by Gasteiger charge is 2.20. The Morgan fingerprint density at radius 2 is 0.173 bits per heavy atom. The molecule has 0 saturated carbocycles. The molecule has 0 amide bonds. The van der Waals surface area contributed by atoms with Crippen LogP contribution in [0, 0.1) is 305 Å². The van der Waals surface area contributed by atoms with Gasteiger partial charge < -0.3 is 0 Å². The Morgan fingerprint density at radius 1 is 0.0816 bits per heavy atom. The van der Waals surface area contributed by atoms with E-state index in [1.807, 2.05) is 0 Å². The maximum Gasteiger partial charge on any atom is 0.0457 e. The molecular formula is C94H132N4. The third-order valence-corrected chi connectivity index (χ3v) is 25.6. The minimum atomic E-state index is 1.15. The molecule has 6 aromatic carbocycles. The molecule has 4 heteroatoms. The minimum absolute atomic E-state index is 1.15. The highest BCUT2D eigenvalue weighted by molar-refractivity contribution is 5.99. The number of aryl methyl sites for hydroxylation is 19. The SMILES string of the molecule is Cc1c(C)c(C)c(C)c(C)c1C.Cc1c(C)c(C)c2c(C)c(C)c(C)c(C)c2c1C.Cc1c(C)c(C)c2c(C)c(C)c(C)c(C)c2c1C.Cc1nc(C)c(C)c(C)c1C.Cc1nc(C)c(C)c(C)c1C.Cc1nc(C)c(C)c(C)c1C.Cc1nc(C)c2c(C)c(C)c(C)c(C)c2c1C. The van der Waals surface area contributed by atoms with Gasteiger partial charge in [0.2, 0.25) is 0 Å². The number of fused-ring (bicyclic) bond motifs is 3. The van der Waals surface area contributed by atoms with Gasteiger partial charge in [0.05, 0.1) is 0 Å². The van der Waals surface area contributed by atoms with Gasteiger partial charge in [-0.15, -0.1) is 0 Å². The maximum atomic E-state index is 4.67. The largest absolute Gasteiger partial charge is 0.258 e. The molecule has 0 spiro atoms. The first-order valence-corrected chi connectivity index (χ1v) is 36.0. The van der Waals surface area contributed by atoms with Crippen molar-refractivity contribution < 1.29 is 0 Å². The number of hydrogen-bond donors (Lipinski definition) is 0. The molecule has 10 aromatic rings. The highest BCUT2D eigenvalue weighted by Crippen LogP contribution is 2.39. The van der Waals surface area contributed by atoms with E-state index in [-0.39, 0.29) is 0 Å². The second kappa shape index (κ2) is 32.8. The number of nitrogens with zero attached hydrogens (tertiary/aromatic N) is 4. The topological polar surface area (TPSA) is 51.6 Å². The van der Waals surface area contributed by atoms with Crippen LogP contribution in [0.1, 0.15) is 246 Å². The zero-order chi connectivity index (χ0) is 75.7. The second-order valence-electron chi connectivity index (χ2n) is 29.9. The molecule has 0 aliphatic carbocycles. The predicted octanol–water partition coefficient (Wildman–Crippen LogP) is 26.4. The van der Waals surface area contributed by atoms with E-state index in [0.717, 1.165) is 45.6 Å². The van der Waals surface area contributed by atoms with Crippen LogP contribution in [-0.4, -0.2) is 19.9 Å². The number of benzene rings is 6. The van der Waals surface area contributed by atoms with Crippen LogP contribution in [0.3, 0.4) is 0 Å². The van der Waals surface area contributed by atoms with E-state index < -0.39 is 0 Å². The van der Waals surface area contributed by atoms with Gasteiger partial charge in [-0.2, -0.15) is 0 Å². The molecule has 0 radical (unpaired) electrons. The van der Waals surface area contributed by atoms with Gasteiger partial charge in [0.15, 0.2) is 0 Å². The van der Waals surface area contributed by atoms with Crippen LogP contribution in [0.25, 0.3) is 32.3 Å². The van der Waals surface area contributed by atoms with Crippen molar-refractivity contribution in [2.24, 2.45) is 0 Å². The Kier molecular flexibility index (Phi) is 27.8. The Bertz CT molecular complexity index is 4100. The zero-order valence-corrected chi connectivity index (χ0v) is 70.8. The number of pyridine rings is 4. The third kappa shape index (κ3) is 16.3. The number of hydrogen-bond acceptors (Lipinski definition) is 4. The summed E-state index contributed by atoms with van der Waals surface area (Å²) >= 11 is 0. The van der Waals surface area contributed by atoms with E-state index >= 15 is 0 Å². The molecule has 98 heavy (non-hydrogen) atoms. The zero-order valence-electron chi connectivity index (χ0n) is 70.8. The average Bonchev–Trinajstić information content (AvgIpc) is 0.754. The van der Waals surface area contributed by atoms with Crippen molar-refractivity contribution in [2.75, 3.05) is 0 Å². The molecule has 0 bridgehead atoms. The van der Waals surface area contributed by atoms with E-state index in [0.29, 0.717) is 0 Å². The summed E-state index contributed by atoms with van der Waals surface area (Å²) in [5.74, 6) is 0. The van der Waals surface area contributed by atoms with E-state index in [1.165, 1.54) is 233 Å². The molecule has 10 rings (SSSR count). The van der Waals surface area contributed by atoms with Crippen LogP contribution in [-0.2, 0) is 0 Å². The van der Waals surface area contributed by atoms with Crippen molar-refractivity contribution in [3.63, 3.8) is 0 Å². The molecule has 0 N–H and O–H groups in total. The summed E-state index contributed by atoms with van der Waals surface area (Å²) in [5, 5.41) is 8.70. The third-order valence-electron chi connectivity index (χ3n) is 25.6. The standard InChI is InChI=1S/2C18H24.C16H21N.C12H18.3C10H15N/c2*1-9-10(2)14(6)18-16(8)12(4)11(3)15(7)17(18)13(9)5;1-8-9(2)11(4)16-14(7)17-13(6)12(5)15(16)10(8)3;1-7-8(2)10(4)12(6)11(5)9(7)3;3*1-6-7(2)9(4)11-10(5)8(6)3/h2*1-8H3;1-7H3;1-6H3;3*1-5H3. The molecule has 4 nitrogen and oxygen atoms in total. The van der Waals surface area contributed by atoms with Gasteiger partial charge in [-0.05, 0) is 532 Å². The fraction of sp³-hybridized carbons (Fsp3) is 0.468. The lowest BCUT2D eigenvalue weighted by atomic mass is 9.83. The van der Waals surface area contributed by atoms with Gasteiger partial charge in [0.1, 0.15) is 0 Å². The first-order chi connectivity index (χ1) is 45.0. The first kappa shape index (κ1) is 83.1. The van der Waals surface area contributed by atoms with Crippen LogP contribution in [0.15, 0.2) is 0 Å².